The number of ketones is 2. The molecule has 0 radical (unpaired) electrons. The number of imidazole rings is 2. The normalized spacial score (nSPS) is 22.2. The molecule has 15 atom stereocenters. The number of amides is 4. The number of phosphoric acid groups is 6. The van der Waals surface area contributed by atoms with Crippen molar-refractivity contribution >= 4 is 128 Å². The Hall–Kier alpha value is -6.94. The number of aliphatic hydroxyl groups excluding tert-OH is 4. The first kappa shape index (κ1) is 96.6. The van der Waals surface area contributed by atoms with Crippen LogP contribution < -0.4 is 71.9 Å². The van der Waals surface area contributed by atoms with Crippen LogP contribution in [0.3, 0.4) is 0 Å². The molecular formula is C54H78N14O39P6-8. The second-order valence-electron chi connectivity index (χ2n) is 26.3. The van der Waals surface area contributed by atoms with Gasteiger partial charge in [-0.15, -0.1) is 0 Å². The third-order valence-electron chi connectivity index (χ3n) is 15.5. The average Bonchev–Trinajstić information content (AvgIpc) is 1.63. The van der Waals surface area contributed by atoms with E-state index < -0.39 is 211 Å². The summed E-state index contributed by atoms with van der Waals surface area (Å²) in [5, 5.41) is 79.2. The van der Waals surface area contributed by atoms with E-state index in [-0.39, 0.29) is 92.2 Å². The molecular weight excluding hydrogens is 1650 g/mol. The summed E-state index contributed by atoms with van der Waals surface area (Å²) in [6.07, 6.45) is -16.4. The zero-order chi connectivity index (χ0) is 85.4. The van der Waals surface area contributed by atoms with Gasteiger partial charge in [-0.25, -0.2) is 38.5 Å². The first-order valence-corrected chi connectivity index (χ1v) is 41.2. The predicted octanol–water partition coefficient (Wildman–Crippen LogP) is -8.29. The van der Waals surface area contributed by atoms with Gasteiger partial charge >= 0.3 is 11.9 Å². The molecule has 2 aliphatic rings. The Labute approximate surface area is 637 Å². The first-order valence-electron chi connectivity index (χ1n) is 32.4. The maximum atomic E-state index is 12.5. The number of aliphatic carboxylic acids is 2. The van der Waals surface area contributed by atoms with E-state index in [1.807, 2.05) is 0 Å². The van der Waals surface area contributed by atoms with Crippen LogP contribution in [0.2, 0.25) is 0 Å². The minimum absolute atomic E-state index is 0.0268. The summed E-state index contributed by atoms with van der Waals surface area (Å²) in [5.74, 6) is -6.91. The molecule has 4 aromatic rings. The van der Waals surface area contributed by atoms with Crippen molar-refractivity contribution in [2.24, 2.45) is 10.8 Å². The smallest absolute Gasteiger partial charge is 0.307 e. The van der Waals surface area contributed by atoms with Crippen molar-refractivity contribution in [3.63, 3.8) is 0 Å². The van der Waals surface area contributed by atoms with Crippen molar-refractivity contribution in [3.05, 3.63) is 37.0 Å². The van der Waals surface area contributed by atoms with Crippen LogP contribution in [0.5, 0.6) is 0 Å². The van der Waals surface area contributed by atoms with E-state index in [4.69, 9.17) is 31.2 Å². The number of hydrogen-bond acceptors (Lipinski definition) is 45. The number of carboxylic acids is 2. The summed E-state index contributed by atoms with van der Waals surface area (Å²) in [7, 11) is -35.3. The number of carbonyl (C=O) groups excluding carboxylic acids is 6. The molecule has 0 saturated carbocycles. The van der Waals surface area contributed by atoms with Crippen LogP contribution in [0.15, 0.2) is 37.0 Å². The Balaban J connectivity index is 0.000000404. The lowest BCUT2D eigenvalue weighted by Crippen LogP contribution is -2.46. The molecule has 15 N–H and O–H groups in total. The van der Waals surface area contributed by atoms with Gasteiger partial charge in [0.25, 0.3) is 31.3 Å². The summed E-state index contributed by atoms with van der Waals surface area (Å²) in [4.78, 5) is 213. The lowest BCUT2D eigenvalue weighted by Gasteiger charge is -2.36. The Morgan fingerprint density at radius 1 is 0.558 bits per heavy atom. The topological polar surface area (TPSA) is 845 Å². The molecule has 15 unspecified atom stereocenters. The Morgan fingerprint density at radius 3 is 1.30 bits per heavy atom. The largest absolute Gasteiger partial charge is 0.790 e. The zero-order valence-corrected chi connectivity index (χ0v) is 65.2. The van der Waals surface area contributed by atoms with Crippen molar-refractivity contribution in [1.82, 2.24) is 60.3 Å². The lowest BCUT2D eigenvalue weighted by molar-refractivity contribution is -0.348. The van der Waals surface area contributed by atoms with Crippen molar-refractivity contribution in [2.45, 2.75) is 153 Å². The molecule has 2 saturated heterocycles. The van der Waals surface area contributed by atoms with Crippen LogP contribution in [-0.4, -0.2) is 229 Å². The number of carbonyl (C=O) groups is 8. The number of nitrogens with one attached hydrogen (secondary N) is 4. The number of phosphoric ester groups is 6. The van der Waals surface area contributed by atoms with Crippen LogP contribution in [0.1, 0.15) is 98.9 Å². The predicted molar refractivity (Wildman–Crippen MR) is 354 cm³/mol. The molecule has 53 nitrogen and oxygen atoms in total. The number of hydrogen-bond donors (Lipinski definition) is 13. The number of nitrogens with zero attached hydrogens (tertiary/aromatic N) is 8. The van der Waals surface area contributed by atoms with Crippen molar-refractivity contribution in [1.29, 1.82) is 0 Å². The van der Waals surface area contributed by atoms with Gasteiger partial charge < -0.3 is 153 Å². The van der Waals surface area contributed by atoms with Gasteiger partial charge in [-0.1, -0.05) is 33.3 Å². The van der Waals surface area contributed by atoms with E-state index >= 15 is 0 Å². The third kappa shape index (κ3) is 31.2. The third-order valence-corrected chi connectivity index (χ3v) is 21.5. The van der Waals surface area contributed by atoms with E-state index in [0.717, 1.165) is 68.2 Å². The lowest BCUT2D eigenvalue weighted by atomic mass is 9.87. The van der Waals surface area contributed by atoms with Gasteiger partial charge in [-0.3, -0.25) is 65.8 Å². The number of carboxylic acid groups (broad SMARTS) is 2. The van der Waals surface area contributed by atoms with Crippen LogP contribution in [0.4, 0.5) is 11.6 Å². The van der Waals surface area contributed by atoms with Gasteiger partial charge in [0.15, 0.2) is 41.2 Å². The summed E-state index contributed by atoms with van der Waals surface area (Å²) >= 11 is 0. The number of Topliss-reactive ketones (excluding diaryl/α,β-unsaturated/α-hetero) is 1. The number of nitrogen functional groups attached to an aromatic ring is 2. The SMILES string of the molecule is C/C(=C\C(=O)CCNC(=O)CCNC(=O)C(O)C(C)(C)COP(=O)([O-])OP(=O)([O-])OCC1OC(n2cnc3c(N)ncnc32)C(O)C1OP(=O)([O-])[O-])CC(=O)O.CC(O)(CC(=O)O)CC(=O)CCNC(=O)CCNC(=O)C(O)C(C)(C)COP(=O)([O-])OP(=O)([O-])OCC1OC(n2cnc3c(N)ncnc32)C(O)C1OP(=O)([O-])[O-]. The van der Waals surface area contributed by atoms with Gasteiger partial charge in [0, 0.05) is 69.1 Å². The summed E-state index contributed by atoms with van der Waals surface area (Å²) in [6.45, 7) is 1.72. The highest BCUT2D eigenvalue weighted by Gasteiger charge is 2.50. The summed E-state index contributed by atoms with van der Waals surface area (Å²) < 4.78 is 121. The van der Waals surface area contributed by atoms with Crippen LogP contribution in [0, 0.1) is 10.8 Å². The Morgan fingerprint density at radius 2 is 0.929 bits per heavy atom. The molecule has 2 aliphatic heterocycles. The minimum Gasteiger partial charge on any atom is -0.790 e. The highest BCUT2D eigenvalue weighted by molar-refractivity contribution is 7.60. The van der Waals surface area contributed by atoms with Crippen molar-refractivity contribution in [3.8, 4) is 0 Å². The number of aromatic nitrogens is 8. The van der Waals surface area contributed by atoms with E-state index in [1.165, 1.54) is 13.8 Å². The van der Waals surface area contributed by atoms with Crippen LogP contribution in [0.25, 0.3) is 22.3 Å². The Kier molecular flexibility index (Phi) is 34.4. The molecule has 636 valence electrons. The molecule has 0 aliphatic carbocycles. The number of allylic oxidation sites excluding steroid dienone is 1. The van der Waals surface area contributed by atoms with Gasteiger partial charge in [-0.05, 0) is 19.9 Å². The van der Waals surface area contributed by atoms with Crippen molar-refractivity contribution in [2.75, 3.05) is 64.1 Å². The maximum absolute atomic E-state index is 12.5. The number of fused-ring (bicyclic) bond motifs is 2. The van der Waals surface area contributed by atoms with Crippen LogP contribution >= 0.6 is 46.9 Å². The molecule has 6 heterocycles. The van der Waals surface area contributed by atoms with E-state index in [0.29, 0.717) is 5.57 Å². The summed E-state index contributed by atoms with van der Waals surface area (Å²) in [5.41, 5.74) is 6.51. The van der Waals surface area contributed by atoms with E-state index in [9.17, 15) is 130 Å². The highest BCUT2D eigenvalue weighted by atomic mass is 31.3. The summed E-state index contributed by atoms with van der Waals surface area (Å²) in [6, 6.07) is 0. The maximum Gasteiger partial charge on any atom is 0.307 e. The van der Waals surface area contributed by atoms with E-state index in [2.05, 4.69) is 86.9 Å². The minimum atomic E-state index is -5.95. The number of anilines is 2. The second-order valence-corrected chi connectivity index (χ2v) is 34.4. The molecule has 59 heteroatoms. The monoisotopic (exact) mass is 1730 g/mol. The van der Waals surface area contributed by atoms with Gasteiger partial charge in [0.2, 0.25) is 23.6 Å². The molecule has 113 heavy (non-hydrogen) atoms. The number of ether oxygens (including phenoxy) is 2. The second kappa shape index (κ2) is 40.3. The van der Waals surface area contributed by atoms with Gasteiger partial charge in [0.05, 0.1) is 73.2 Å². The quantitative estimate of drug-likeness (QED) is 0.0144. The fourth-order valence-corrected chi connectivity index (χ4v) is 15.5. The standard InChI is InChI=1S/C27H44N7O20P3.C27H42N7O19P3/c1-26(2,21(40)24(41)30-7-5-16(36)29-6-4-14(35)8-27(3,42)9-17(37)38)11-51-57(48,49)54-56(46,47)50-10-15-20(53-55(43,44)45)19(39)25(52-15)34-13-33-18-22(28)31-12-32-23(18)34;1-14(9-18(37)38)8-15(35)4-6-29-17(36)5-7-30-25(41)22(40)27(2,3)11-50-56(47,48)53-55(45,46)49-10-16-21(52-54(42,43)44)20(39)26(51-16)34-13-33-19-23(28)31-12-32-24(19)34/h12-13,15,19-21,25,39-40,42H,4-11H2,1-3H3,(H,29,36)(H,30,41)(H,37,38)(H,46,47)(H,48,49)(H2,28,31,32)(H2,43,44,45);8,12-13,16,20-22,26,39-40H,4-7,9-11H2,1-3H3,(H,29,36)(H,30,41)(H,37,38)(H,45,46)(H,47,48)(H2,28,31,32)(H2,42,43,44)/p-8/b;14-8+. The zero-order valence-electron chi connectivity index (χ0n) is 59.9. The molecule has 4 amide bonds. The molecule has 0 bridgehead atoms. The molecule has 4 aromatic heterocycles. The van der Waals surface area contributed by atoms with Gasteiger partial charge in [-0.2, -0.15) is 0 Å². The molecule has 0 spiro atoms. The number of aliphatic hydroxyl groups is 5. The fraction of sp³-hybridized carbons (Fsp3) is 0.630. The Bertz CT molecular complexity index is 4400. The molecule has 0 aromatic carbocycles. The van der Waals surface area contributed by atoms with Crippen molar-refractivity contribution < 1.29 is 186 Å². The number of rotatable bonds is 45. The average molecular weight is 1730 g/mol. The first-order chi connectivity index (χ1) is 51.9. The molecule has 6 rings (SSSR count). The van der Waals surface area contributed by atoms with E-state index in [1.54, 1.807) is 0 Å². The number of nitrogens with two attached hydrogens (primary N) is 2. The molecule has 2 fully saturated rings. The van der Waals surface area contributed by atoms with Crippen LogP contribution in [-0.2, 0) is 111 Å². The highest BCUT2D eigenvalue weighted by Crippen LogP contribution is 2.58. The fourth-order valence-electron chi connectivity index (χ4n) is 10.0. The van der Waals surface area contributed by atoms with Gasteiger partial charge in [0.1, 0.15) is 78.3 Å².